The van der Waals surface area contributed by atoms with Crippen molar-refractivity contribution in [1.82, 2.24) is 24.4 Å². The van der Waals surface area contributed by atoms with Crippen LogP contribution in [-0.4, -0.2) is 52.5 Å². The number of nitrogens with one attached hydrogen (secondary N) is 1. The van der Waals surface area contributed by atoms with E-state index in [2.05, 4.69) is 19.8 Å². The van der Waals surface area contributed by atoms with Crippen molar-refractivity contribution in [2.24, 2.45) is 7.05 Å². The Hall–Kier alpha value is -0.990. The lowest BCUT2D eigenvalue weighted by Gasteiger charge is -2.42. The van der Waals surface area contributed by atoms with Crippen LogP contribution in [-0.2, 0) is 17.1 Å². The molecular formula is C13H23N5O2S. The van der Waals surface area contributed by atoms with Gasteiger partial charge in [-0.3, -0.25) is 4.90 Å². The molecule has 1 aromatic rings. The van der Waals surface area contributed by atoms with Gasteiger partial charge in [0.1, 0.15) is 17.4 Å². The minimum absolute atomic E-state index is 0.0930. The molecule has 1 aliphatic carbocycles. The van der Waals surface area contributed by atoms with Crippen molar-refractivity contribution in [3.05, 3.63) is 12.2 Å². The molecule has 2 heterocycles. The Morgan fingerprint density at radius 2 is 2.00 bits per heavy atom. The molecule has 1 unspecified atom stereocenters. The first-order valence-corrected chi connectivity index (χ1v) is 9.11. The van der Waals surface area contributed by atoms with E-state index >= 15 is 0 Å². The van der Waals surface area contributed by atoms with Crippen molar-refractivity contribution in [3.63, 3.8) is 0 Å². The lowest BCUT2D eigenvalue weighted by Crippen LogP contribution is -2.59. The molecule has 118 valence electrons. The molecule has 7 nitrogen and oxygen atoms in total. The minimum atomic E-state index is -3.19. The molecule has 0 amide bonds. The highest BCUT2D eigenvalue weighted by Gasteiger charge is 2.41. The quantitative estimate of drug-likeness (QED) is 0.852. The second-order valence-electron chi connectivity index (χ2n) is 6.20. The summed E-state index contributed by atoms with van der Waals surface area (Å²) in [6, 6.07) is 0.246. The Morgan fingerprint density at radius 1 is 1.33 bits per heavy atom. The first-order chi connectivity index (χ1) is 9.97. The van der Waals surface area contributed by atoms with Crippen molar-refractivity contribution < 1.29 is 8.42 Å². The summed E-state index contributed by atoms with van der Waals surface area (Å²) in [5, 5.41) is 7.67. The van der Waals surface area contributed by atoms with Crippen LogP contribution in [0.4, 0.5) is 0 Å². The third-order valence-corrected chi connectivity index (χ3v) is 6.51. The molecule has 0 spiro atoms. The van der Waals surface area contributed by atoms with Gasteiger partial charge in [-0.05, 0) is 19.8 Å². The van der Waals surface area contributed by atoms with Gasteiger partial charge >= 0.3 is 0 Å². The van der Waals surface area contributed by atoms with E-state index in [-0.39, 0.29) is 17.3 Å². The van der Waals surface area contributed by atoms with Gasteiger partial charge < -0.3 is 4.57 Å². The molecule has 3 rings (SSSR count). The van der Waals surface area contributed by atoms with Gasteiger partial charge in [0, 0.05) is 26.2 Å². The van der Waals surface area contributed by atoms with Crippen LogP contribution in [0.15, 0.2) is 6.33 Å². The van der Waals surface area contributed by atoms with Crippen LogP contribution < -0.4 is 4.72 Å². The van der Waals surface area contributed by atoms with Crippen LogP contribution in [0, 0.1) is 0 Å². The van der Waals surface area contributed by atoms with Crippen LogP contribution >= 0.6 is 0 Å². The highest BCUT2D eigenvalue weighted by atomic mass is 32.2. The minimum Gasteiger partial charge on any atom is -0.319 e. The van der Waals surface area contributed by atoms with E-state index < -0.39 is 10.0 Å². The molecule has 1 aromatic heterocycles. The summed E-state index contributed by atoms with van der Waals surface area (Å²) in [5.74, 6) is 0.870. The summed E-state index contributed by atoms with van der Waals surface area (Å²) >= 11 is 0. The standard InChI is InChI=1S/C13H23N5O2S/c1-10(13-15-14-9-17(13)2)18-7-12(8-18)21(19,20)16-11-5-3-4-6-11/h9-12,16H,3-8H2,1-2H3. The normalized spacial score (nSPS) is 23.3. The molecule has 1 atom stereocenters. The fourth-order valence-corrected chi connectivity index (χ4v) is 4.86. The molecule has 0 bridgehead atoms. The van der Waals surface area contributed by atoms with E-state index in [4.69, 9.17) is 0 Å². The van der Waals surface area contributed by atoms with Crippen molar-refractivity contribution in [1.29, 1.82) is 0 Å². The predicted octanol–water partition coefficient (Wildman–Crippen LogP) is 0.422. The maximum Gasteiger partial charge on any atom is 0.217 e. The molecule has 1 saturated heterocycles. The van der Waals surface area contributed by atoms with Gasteiger partial charge in [-0.1, -0.05) is 12.8 Å². The number of hydrogen-bond donors (Lipinski definition) is 1. The van der Waals surface area contributed by atoms with Gasteiger partial charge in [0.25, 0.3) is 0 Å². The summed E-state index contributed by atoms with van der Waals surface area (Å²) in [5.41, 5.74) is 0. The molecule has 1 saturated carbocycles. The van der Waals surface area contributed by atoms with Crippen molar-refractivity contribution in [2.45, 2.75) is 49.9 Å². The Morgan fingerprint density at radius 3 is 2.57 bits per heavy atom. The monoisotopic (exact) mass is 313 g/mol. The van der Waals surface area contributed by atoms with Crippen molar-refractivity contribution in [2.75, 3.05) is 13.1 Å². The SMILES string of the molecule is CC(c1nncn1C)N1CC(S(=O)(=O)NC2CCCC2)C1. The number of likely N-dealkylation sites (tertiary alicyclic amines) is 1. The van der Waals surface area contributed by atoms with Crippen LogP contribution in [0.25, 0.3) is 0 Å². The highest BCUT2D eigenvalue weighted by molar-refractivity contribution is 7.90. The average molecular weight is 313 g/mol. The first-order valence-electron chi connectivity index (χ1n) is 7.56. The lowest BCUT2D eigenvalue weighted by molar-refractivity contribution is 0.124. The molecular weight excluding hydrogens is 290 g/mol. The Balaban J connectivity index is 1.56. The maximum absolute atomic E-state index is 12.3. The molecule has 21 heavy (non-hydrogen) atoms. The number of nitrogens with zero attached hydrogens (tertiary/aromatic N) is 4. The van der Waals surface area contributed by atoms with Crippen LogP contribution in [0.3, 0.4) is 0 Å². The zero-order valence-electron chi connectivity index (χ0n) is 12.6. The summed E-state index contributed by atoms with van der Waals surface area (Å²) in [4.78, 5) is 2.13. The zero-order valence-corrected chi connectivity index (χ0v) is 13.4. The fourth-order valence-electron chi connectivity index (χ4n) is 3.19. The highest BCUT2D eigenvalue weighted by Crippen LogP contribution is 2.27. The number of rotatable bonds is 5. The fraction of sp³-hybridized carbons (Fsp3) is 0.846. The Bertz CT molecular complexity index is 587. The van der Waals surface area contributed by atoms with Crippen LogP contribution in [0.2, 0.25) is 0 Å². The van der Waals surface area contributed by atoms with E-state index in [9.17, 15) is 8.42 Å². The largest absolute Gasteiger partial charge is 0.319 e. The van der Waals surface area contributed by atoms with Gasteiger partial charge in [0.05, 0.1) is 6.04 Å². The predicted molar refractivity (Wildman–Crippen MR) is 79.1 cm³/mol. The smallest absolute Gasteiger partial charge is 0.217 e. The van der Waals surface area contributed by atoms with E-state index in [0.717, 1.165) is 31.5 Å². The second kappa shape index (κ2) is 5.66. The van der Waals surface area contributed by atoms with E-state index in [1.807, 2.05) is 18.5 Å². The summed E-state index contributed by atoms with van der Waals surface area (Å²) in [6.45, 7) is 3.17. The number of sulfonamides is 1. The van der Waals surface area contributed by atoms with Gasteiger partial charge in [0.2, 0.25) is 10.0 Å². The number of aryl methyl sites for hydroxylation is 1. The molecule has 2 aliphatic rings. The molecule has 1 N–H and O–H groups in total. The number of hydrogen-bond acceptors (Lipinski definition) is 5. The molecule has 1 aliphatic heterocycles. The van der Waals surface area contributed by atoms with Gasteiger partial charge in [-0.25, -0.2) is 13.1 Å². The van der Waals surface area contributed by atoms with E-state index in [1.54, 1.807) is 6.33 Å². The zero-order chi connectivity index (χ0) is 15.0. The molecule has 0 aromatic carbocycles. The summed E-state index contributed by atoms with van der Waals surface area (Å²) < 4.78 is 29.4. The topological polar surface area (TPSA) is 80.1 Å². The van der Waals surface area contributed by atoms with Gasteiger partial charge in [0.15, 0.2) is 0 Å². The van der Waals surface area contributed by atoms with Crippen LogP contribution in [0.1, 0.15) is 44.5 Å². The molecule has 2 fully saturated rings. The third kappa shape index (κ3) is 2.97. The third-order valence-electron chi connectivity index (χ3n) is 4.67. The molecule has 8 heteroatoms. The molecule has 0 radical (unpaired) electrons. The van der Waals surface area contributed by atoms with Gasteiger partial charge in [-0.15, -0.1) is 10.2 Å². The number of aromatic nitrogens is 3. The Kier molecular flexibility index (Phi) is 4.02. The maximum atomic E-state index is 12.3. The first kappa shape index (κ1) is 14.9. The van der Waals surface area contributed by atoms with Crippen molar-refractivity contribution >= 4 is 10.0 Å². The van der Waals surface area contributed by atoms with E-state index in [1.165, 1.54) is 0 Å². The summed E-state index contributed by atoms with van der Waals surface area (Å²) in [7, 11) is -1.28. The van der Waals surface area contributed by atoms with Crippen LogP contribution in [0.5, 0.6) is 0 Å². The Labute approximate surface area is 125 Å². The lowest BCUT2D eigenvalue weighted by atomic mass is 10.1. The van der Waals surface area contributed by atoms with Gasteiger partial charge in [-0.2, -0.15) is 0 Å². The second-order valence-corrected chi connectivity index (χ2v) is 8.19. The average Bonchev–Trinajstić information content (AvgIpc) is 2.97. The van der Waals surface area contributed by atoms with E-state index in [0.29, 0.717) is 13.1 Å². The summed E-state index contributed by atoms with van der Waals surface area (Å²) in [6.07, 6.45) is 5.89. The van der Waals surface area contributed by atoms with Crippen molar-refractivity contribution in [3.8, 4) is 0 Å².